The number of carbonyl (C=O) groups is 2. The predicted octanol–water partition coefficient (Wildman–Crippen LogP) is 3.48. The van der Waals surface area contributed by atoms with Crippen LogP contribution in [0, 0.1) is 0 Å². The number of fused-ring (bicyclic) bond motifs is 1. The number of methoxy groups -OCH3 is 1. The van der Waals surface area contributed by atoms with Gasteiger partial charge in [0.1, 0.15) is 12.3 Å². The number of likely N-dealkylation sites (tertiary alicyclic amines) is 1. The molecule has 28 heavy (non-hydrogen) atoms. The van der Waals surface area contributed by atoms with E-state index in [0.29, 0.717) is 19.4 Å². The second-order valence-corrected chi connectivity index (χ2v) is 7.00. The number of rotatable bonds is 6. The van der Waals surface area contributed by atoms with E-state index in [2.05, 4.69) is 16.6 Å². The normalized spacial score (nSPS) is 15.4. The monoisotopic (exact) mass is 381 g/mol. The molecule has 0 aromatic heterocycles. The molecule has 1 aliphatic rings. The van der Waals surface area contributed by atoms with Crippen LogP contribution in [0.2, 0.25) is 0 Å². The Morgan fingerprint density at radius 2 is 1.93 bits per heavy atom. The standard InChI is InChI=1S/C22H27N3O3/c1-3-20(18-9-8-17-14-19(28-2)11-10-16(17)13-18)23-24-21(26)15-25-12-6-4-5-7-22(25)27/h8-11,13-14H,3-7,12,15H2,1-2H3,(H,24,26)/b23-20-. The first-order valence-corrected chi connectivity index (χ1v) is 9.82. The Bertz CT molecular complexity index is 892. The molecular weight excluding hydrogens is 354 g/mol. The topological polar surface area (TPSA) is 71.0 Å². The Balaban J connectivity index is 1.69. The van der Waals surface area contributed by atoms with E-state index in [0.717, 1.165) is 47.1 Å². The van der Waals surface area contributed by atoms with Crippen LogP contribution in [-0.2, 0) is 9.59 Å². The van der Waals surface area contributed by atoms with Crippen molar-refractivity contribution in [2.24, 2.45) is 5.10 Å². The number of nitrogens with one attached hydrogen (secondary N) is 1. The van der Waals surface area contributed by atoms with Crippen molar-refractivity contribution in [1.29, 1.82) is 0 Å². The number of ether oxygens (including phenoxy) is 1. The zero-order valence-corrected chi connectivity index (χ0v) is 16.5. The Hall–Kier alpha value is -2.89. The summed E-state index contributed by atoms with van der Waals surface area (Å²) in [6, 6.07) is 12.0. The zero-order valence-electron chi connectivity index (χ0n) is 16.5. The van der Waals surface area contributed by atoms with Crippen LogP contribution in [0.15, 0.2) is 41.5 Å². The Labute approximate surface area is 165 Å². The second-order valence-electron chi connectivity index (χ2n) is 7.00. The van der Waals surface area contributed by atoms with Crippen LogP contribution < -0.4 is 10.2 Å². The predicted molar refractivity (Wildman–Crippen MR) is 111 cm³/mol. The fraction of sp³-hybridized carbons (Fsp3) is 0.409. The molecule has 1 fully saturated rings. The largest absolute Gasteiger partial charge is 0.497 e. The van der Waals surface area contributed by atoms with Gasteiger partial charge in [0.2, 0.25) is 5.91 Å². The number of hydrogen-bond acceptors (Lipinski definition) is 4. The summed E-state index contributed by atoms with van der Waals surface area (Å²) in [5.74, 6) is 0.615. The van der Waals surface area contributed by atoms with E-state index in [1.807, 2.05) is 37.3 Å². The van der Waals surface area contributed by atoms with E-state index >= 15 is 0 Å². The van der Waals surface area contributed by atoms with E-state index in [9.17, 15) is 9.59 Å². The van der Waals surface area contributed by atoms with Gasteiger partial charge in [-0.2, -0.15) is 5.10 Å². The maximum atomic E-state index is 12.3. The van der Waals surface area contributed by atoms with Crippen molar-refractivity contribution in [2.75, 3.05) is 20.2 Å². The van der Waals surface area contributed by atoms with E-state index in [-0.39, 0.29) is 18.4 Å². The van der Waals surface area contributed by atoms with Crippen molar-refractivity contribution < 1.29 is 14.3 Å². The summed E-state index contributed by atoms with van der Waals surface area (Å²) in [6.07, 6.45) is 4.10. The van der Waals surface area contributed by atoms with Crippen LogP contribution in [0.25, 0.3) is 10.8 Å². The van der Waals surface area contributed by atoms with Crippen molar-refractivity contribution in [1.82, 2.24) is 10.3 Å². The maximum Gasteiger partial charge on any atom is 0.259 e. The number of nitrogens with zero attached hydrogens (tertiary/aromatic N) is 2. The molecule has 0 aliphatic carbocycles. The molecule has 2 amide bonds. The van der Waals surface area contributed by atoms with Gasteiger partial charge < -0.3 is 9.64 Å². The van der Waals surface area contributed by atoms with E-state index in [1.165, 1.54) is 0 Å². The van der Waals surface area contributed by atoms with E-state index in [4.69, 9.17) is 4.74 Å². The fourth-order valence-corrected chi connectivity index (χ4v) is 3.42. The molecule has 6 heteroatoms. The summed E-state index contributed by atoms with van der Waals surface area (Å²) in [7, 11) is 1.65. The highest BCUT2D eigenvalue weighted by Gasteiger charge is 2.19. The molecule has 148 valence electrons. The van der Waals surface area contributed by atoms with Crippen molar-refractivity contribution in [3.8, 4) is 5.75 Å². The van der Waals surface area contributed by atoms with Crippen molar-refractivity contribution >= 4 is 28.3 Å². The van der Waals surface area contributed by atoms with Gasteiger partial charge in [-0.3, -0.25) is 9.59 Å². The van der Waals surface area contributed by atoms with Crippen molar-refractivity contribution in [3.63, 3.8) is 0 Å². The van der Waals surface area contributed by atoms with Crippen LogP contribution in [0.5, 0.6) is 5.75 Å². The minimum atomic E-state index is -0.258. The molecule has 0 saturated carbocycles. The number of amides is 2. The lowest BCUT2D eigenvalue weighted by Crippen LogP contribution is -2.39. The molecule has 0 bridgehead atoms. The van der Waals surface area contributed by atoms with Crippen molar-refractivity contribution in [2.45, 2.75) is 39.0 Å². The van der Waals surface area contributed by atoms with Gasteiger partial charge in [-0.05, 0) is 53.8 Å². The number of benzene rings is 2. The van der Waals surface area contributed by atoms with Crippen LogP contribution in [0.3, 0.4) is 0 Å². The van der Waals surface area contributed by atoms with Gasteiger partial charge in [-0.15, -0.1) is 0 Å². The first kappa shape index (κ1) is 19.9. The number of hydrazone groups is 1. The quantitative estimate of drug-likeness (QED) is 0.615. The molecule has 6 nitrogen and oxygen atoms in total. The molecule has 2 aromatic carbocycles. The molecule has 0 atom stereocenters. The van der Waals surface area contributed by atoms with Crippen LogP contribution in [-0.4, -0.2) is 42.6 Å². The van der Waals surface area contributed by atoms with E-state index < -0.39 is 0 Å². The van der Waals surface area contributed by atoms with Gasteiger partial charge in [0, 0.05) is 13.0 Å². The molecule has 2 aromatic rings. The summed E-state index contributed by atoms with van der Waals surface area (Å²) in [5.41, 5.74) is 4.39. The Morgan fingerprint density at radius 1 is 1.14 bits per heavy atom. The van der Waals surface area contributed by atoms with Crippen molar-refractivity contribution in [3.05, 3.63) is 42.0 Å². The third-order valence-corrected chi connectivity index (χ3v) is 5.04. The smallest absolute Gasteiger partial charge is 0.259 e. The second kappa shape index (κ2) is 9.35. The molecule has 1 saturated heterocycles. The third kappa shape index (κ3) is 4.88. The molecular formula is C22H27N3O3. The average Bonchev–Trinajstić information content (AvgIpc) is 2.92. The van der Waals surface area contributed by atoms with E-state index in [1.54, 1.807) is 12.0 Å². The molecule has 1 N–H and O–H groups in total. The van der Waals surface area contributed by atoms with Crippen LogP contribution in [0.1, 0.15) is 44.6 Å². The zero-order chi connectivity index (χ0) is 19.9. The molecule has 0 unspecified atom stereocenters. The lowest BCUT2D eigenvalue weighted by Gasteiger charge is -2.19. The van der Waals surface area contributed by atoms with Gasteiger partial charge in [0.05, 0.1) is 12.8 Å². The summed E-state index contributed by atoms with van der Waals surface area (Å²) in [5, 5.41) is 6.49. The number of carbonyl (C=O) groups excluding carboxylic acids is 2. The highest BCUT2D eigenvalue weighted by Crippen LogP contribution is 2.22. The maximum absolute atomic E-state index is 12.3. The number of hydrogen-bond donors (Lipinski definition) is 1. The van der Waals surface area contributed by atoms with Crippen LogP contribution >= 0.6 is 0 Å². The minimum Gasteiger partial charge on any atom is -0.497 e. The van der Waals surface area contributed by atoms with Crippen LogP contribution in [0.4, 0.5) is 0 Å². The minimum absolute atomic E-state index is 0.0531. The van der Waals surface area contributed by atoms with Gasteiger partial charge >= 0.3 is 0 Å². The molecule has 1 heterocycles. The SMILES string of the molecule is CC/C(=N/NC(=O)CN1CCCCCC1=O)c1ccc2cc(OC)ccc2c1. The average molecular weight is 381 g/mol. The summed E-state index contributed by atoms with van der Waals surface area (Å²) in [4.78, 5) is 25.9. The Morgan fingerprint density at radius 3 is 2.71 bits per heavy atom. The lowest BCUT2D eigenvalue weighted by molar-refractivity contribution is -0.135. The first-order valence-electron chi connectivity index (χ1n) is 9.82. The fourth-order valence-electron chi connectivity index (χ4n) is 3.42. The summed E-state index contributed by atoms with van der Waals surface area (Å²) >= 11 is 0. The highest BCUT2D eigenvalue weighted by molar-refractivity contribution is 6.04. The summed E-state index contributed by atoms with van der Waals surface area (Å²) in [6.45, 7) is 2.71. The third-order valence-electron chi connectivity index (χ3n) is 5.04. The lowest BCUT2D eigenvalue weighted by atomic mass is 10.0. The van der Waals surface area contributed by atoms with Gasteiger partial charge in [0.15, 0.2) is 0 Å². The highest BCUT2D eigenvalue weighted by atomic mass is 16.5. The first-order chi connectivity index (χ1) is 13.6. The molecule has 3 rings (SSSR count). The summed E-state index contributed by atoms with van der Waals surface area (Å²) < 4.78 is 5.26. The molecule has 0 spiro atoms. The molecule has 1 aliphatic heterocycles. The van der Waals surface area contributed by atoms with Gasteiger partial charge in [-0.1, -0.05) is 31.5 Å². The van der Waals surface area contributed by atoms with Gasteiger partial charge in [0.25, 0.3) is 5.91 Å². The Kier molecular flexibility index (Phi) is 6.63. The molecule has 0 radical (unpaired) electrons. The van der Waals surface area contributed by atoms with Gasteiger partial charge in [-0.25, -0.2) is 5.43 Å².